The van der Waals surface area contributed by atoms with Crippen LogP contribution in [0, 0.1) is 0 Å². The largest absolute Gasteiger partial charge is 0.465 e. The average Bonchev–Trinajstić information content (AvgIpc) is 2.50. The van der Waals surface area contributed by atoms with Crippen LogP contribution in [0.15, 0.2) is 33.5 Å². The quantitative estimate of drug-likeness (QED) is 0.798. The van der Waals surface area contributed by atoms with Crippen LogP contribution in [0.5, 0.6) is 0 Å². The van der Waals surface area contributed by atoms with E-state index >= 15 is 0 Å². The molecule has 0 spiro atoms. The molecular formula is C17H25NO6S. The van der Waals surface area contributed by atoms with Crippen molar-refractivity contribution in [1.82, 2.24) is 0 Å². The minimum absolute atomic E-state index is 0.0124. The number of methoxy groups -OCH3 is 1. The Kier molecular flexibility index (Phi) is 7.13. The number of aliphatic hydroxyl groups excluding tert-OH is 1. The lowest BCUT2D eigenvalue weighted by atomic mass is 10.2. The molecule has 7 nitrogen and oxygen atoms in total. The van der Waals surface area contributed by atoms with Gasteiger partial charge in [-0.25, -0.2) is 13.8 Å². The molecule has 0 bridgehead atoms. The van der Waals surface area contributed by atoms with E-state index in [1.165, 1.54) is 31.4 Å². The van der Waals surface area contributed by atoms with Crippen molar-refractivity contribution in [2.45, 2.75) is 50.7 Å². The highest BCUT2D eigenvalue weighted by Gasteiger charge is 2.21. The minimum Gasteiger partial charge on any atom is -0.465 e. The molecule has 1 rings (SSSR count). The molecule has 25 heavy (non-hydrogen) atoms. The Hall–Kier alpha value is -1.93. The highest BCUT2D eigenvalue weighted by molar-refractivity contribution is 7.94. The van der Waals surface area contributed by atoms with Gasteiger partial charge in [-0.3, -0.25) is 0 Å². The molecule has 0 saturated heterocycles. The Bertz CT molecular complexity index is 725. The van der Waals surface area contributed by atoms with Crippen LogP contribution in [0.4, 0.5) is 4.79 Å². The van der Waals surface area contributed by atoms with E-state index in [4.69, 9.17) is 4.74 Å². The number of carbonyl (C=O) groups is 2. The summed E-state index contributed by atoms with van der Waals surface area (Å²) in [5.74, 6) is -0.535. The zero-order valence-electron chi connectivity index (χ0n) is 15.1. The van der Waals surface area contributed by atoms with Gasteiger partial charge in [0, 0.05) is 10.6 Å². The van der Waals surface area contributed by atoms with Crippen molar-refractivity contribution in [3.8, 4) is 0 Å². The second-order valence-electron chi connectivity index (χ2n) is 6.57. The number of hydrogen-bond acceptors (Lipinski definition) is 6. The summed E-state index contributed by atoms with van der Waals surface area (Å²) in [7, 11) is -1.88. The van der Waals surface area contributed by atoms with Crippen molar-refractivity contribution in [3.63, 3.8) is 0 Å². The normalized spacial score (nSPS) is 15.0. The number of amides is 1. The molecule has 0 aliphatic carbocycles. The molecule has 1 N–H and O–H groups in total. The molecular weight excluding hydrogens is 346 g/mol. The van der Waals surface area contributed by atoms with E-state index in [1.54, 1.807) is 27.7 Å². The molecule has 1 amide bonds. The van der Waals surface area contributed by atoms with Crippen LogP contribution in [0.1, 0.15) is 44.5 Å². The van der Waals surface area contributed by atoms with Gasteiger partial charge in [-0.2, -0.15) is 0 Å². The standard InChI is InChI=1S/C17H25NO6S/c1-12(19)10-11-25(22,18-16(21)24-17(2,3)4)14-8-6-13(7-9-14)15(20)23-5/h6-9,12,19H,10-11H2,1-5H3. The molecule has 0 aliphatic rings. The van der Waals surface area contributed by atoms with E-state index in [9.17, 15) is 18.9 Å². The summed E-state index contributed by atoms with van der Waals surface area (Å²) in [5.41, 5.74) is -0.472. The lowest BCUT2D eigenvalue weighted by Crippen LogP contribution is -2.23. The van der Waals surface area contributed by atoms with Gasteiger partial charge in [0.05, 0.1) is 28.5 Å². The number of esters is 1. The summed E-state index contributed by atoms with van der Waals surface area (Å²) < 4.78 is 26.8. The molecule has 8 heteroatoms. The van der Waals surface area contributed by atoms with Crippen molar-refractivity contribution in [1.29, 1.82) is 0 Å². The molecule has 0 aliphatic heterocycles. The number of ether oxygens (including phenoxy) is 2. The fourth-order valence-corrected chi connectivity index (χ4v) is 3.80. The second-order valence-corrected chi connectivity index (χ2v) is 8.91. The molecule has 0 heterocycles. The number of rotatable bonds is 5. The topological polar surface area (TPSA) is 102 Å². The van der Waals surface area contributed by atoms with E-state index in [0.717, 1.165) is 0 Å². The summed E-state index contributed by atoms with van der Waals surface area (Å²) in [6, 6.07) is 5.83. The Labute approximate surface area is 148 Å². The van der Waals surface area contributed by atoms with Gasteiger partial charge in [0.2, 0.25) is 0 Å². The maximum absolute atomic E-state index is 13.2. The smallest absolute Gasteiger partial charge is 0.442 e. The fraction of sp³-hybridized carbons (Fsp3) is 0.529. The van der Waals surface area contributed by atoms with Crippen molar-refractivity contribution in [2.75, 3.05) is 12.9 Å². The number of benzene rings is 1. The molecule has 0 fully saturated rings. The SMILES string of the molecule is COC(=O)c1ccc(S(=O)(CCC(C)O)=NC(=O)OC(C)(C)C)cc1. The van der Waals surface area contributed by atoms with Crippen LogP contribution in [0.25, 0.3) is 0 Å². The van der Waals surface area contributed by atoms with E-state index < -0.39 is 33.5 Å². The van der Waals surface area contributed by atoms with Gasteiger partial charge in [-0.15, -0.1) is 4.36 Å². The molecule has 0 saturated carbocycles. The summed E-state index contributed by atoms with van der Waals surface area (Å²) >= 11 is 0. The van der Waals surface area contributed by atoms with E-state index in [-0.39, 0.29) is 17.1 Å². The van der Waals surface area contributed by atoms with Crippen molar-refractivity contribution >= 4 is 21.8 Å². The van der Waals surface area contributed by atoms with Crippen molar-refractivity contribution in [3.05, 3.63) is 29.8 Å². The van der Waals surface area contributed by atoms with E-state index in [0.29, 0.717) is 5.56 Å². The van der Waals surface area contributed by atoms with Crippen LogP contribution >= 0.6 is 0 Å². The second kappa shape index (κ2) is 8.44. The number of aliphatic hydroxyl groups is 1. The number of hydrogen-bond donors (Lipinski definition) is 1. The van der Waals surface area contributed by atoms with Crippen LogP contribution in [0.3, 0.4) is 0 Å². The van der Waals surface area contributed by atoms with Gasteiger partial charge in [0.1, 0.15) is 5.60 Å². The first-order chi connectivity index (χ1) is 11.5. The maximum atomic E-state index is 13.2. The first kappa shape index (κ1) is 21.1. The molecule has 2 unspecified atom stereocenters. The van der Waals surface area contributed by atoms with Gasteiger partial charge in [-0.1, -0.05) is 0 Å². The average molecular weight is 371 g/mol. The predicted octanol–water partition coefficient (Wildman–Crippen LogP) is 3.01. The fourth-order valence-electron chi connectivity index (χ4n) is 1.87. The third-order valence-electron chi connectivity index (χ3n) is 3.07. The Morgan fingerprint density at radius 3 is 2.24 bits per heavy atom. The zero-order chi connectivity index (χ0) is 19.3. The van der Waals surface area contributed by atoms with Gasteiger partial charge in [-0.05, 0) is 58.4 Å². The molecule has 1 aromatic rings. The molecule has 0 radical (unpaired) electrons. The summed E-state index contributed by atoms with van der Waals surface area (Å²) in [6.45, 7) is 6.61. The predicted molar refractivity (Wildman–Crippen MR) is 94.0 cm³/mol. The van der Waals surface area contributed by atoms with Gasteiger partial charge in [0.15, 0.2) is 0 Å². The van der Waals surface area contributed by atoms with Crippen LogP contribution < -0.4 is 0 Å². The number of carbonyl (C=O) groups excluding carboxylic acids is 2. The Morgan fingerprint density at radius 2 is 1.80 bits per heavy atom. The summed E-state index contributed by atoms with van der Waals surface area (Å²) in [4.78, 5) is 23.8. The third kappa shape index (κ3) is 6.83. The first-order valence-electron chi connectivity index (χ1n) is 7.81. The Morgan fingerprint density at radius 1 is 1.24 bits per heavy atom. The summed E-state index contributed by atoms with van der Waals surface area (Å²) in [6.07, 6.45) is -1.42. The zero-order valence-corrected chi connectivity index (χ0v) is 16.0. The van der Waals surface area contributed by atoms with Gasteiger partial charge < -0.3 is 14.6 Å². The molecule has 1 aromatic carbocycles. The first-order valence-corrected chi connectivity index (χ1v) is 9.49. The van der Waals surface area contributed by atoms with E-state index in [2.05, 4.69) is 9.10 Å². The summed E-state index contributed by atoms with van der Waals surface area (Å²) in [5, 5.41) is 9.49. The van der Waals surface area contributed by atoms with Crippen LogP contribution in [-0.2, 0) is 19.2 Å². The van der Waals surface area contributed by atoms with E-state index in [1.807, 2.05) is 0 Å². The third-order valence-corrected chi connectivity index (χ3v) is 5.31. The molecule has 140 valence electrons. The molecule has 0 aromatic heterocycles. The highest BCUT2D eigenvalue weighted by Crippen LogP contribution is 2.19. The Balaban J connectivity index is 3.25. The van der Waals surface area contributed by atoms with Crippen molar-refractivity contribution in [2.24, 2.45) is 4.36 Å². The lowest BCUT2D eigenvalue weighted by Gasteiger charge is -2.18. The maximum Gasteiger partial charge on any atom is 0.442 e. The minimum atomic E-state index is -3.15. The van der Waals surface area contributed by atoms with Gasteiger partial charge >= 0.3 is 12.1 Å². The van der Waals surface area contributed by atoms with Gasteiger partial charge in [0.25, 0.3) is 0 Å². The lowest BCUT2D eigenvalue weighted by molar-refractivity contribution is 0.0592. The highest BCUT2D eigenvalue weighted by atomic mass is 32.2. The number of nitrogens with zero attached hydrogens (tertiary/aromatic N) is 1. The monoisotopic (exact) mass is 371 g/mol. The van der Waals surface area contributed by atoms with Crippen molar-refractivity contribution < 1.29 is 28.4 Å². The molecule has 2 atom stereocenters. The van der Waals surface area contributed by atoms with Crippen LogP contribution in [-0.4, -0.2) is 45.9 Å². The van der Waals surface area contributed by atoms with Crippen LogP contribution in [0.2, 0.25) is 0 Å².